The summed E-state index contributed by atoms with van der Waals surface area (Å²) in [5.74, 6) is -2.20. The van der Waals surface area contributed by atoms with Gasteiger partial charge >= 0.3 is 5.97 Å². The number of hydrogen-bond acceptors (Lipinski definition) is 3. The molecule has 4 N–H and O–H groups in total. The number of nitrogens with zero attached hydrogens (tertiary/aromatic N) is 1. The predicted octanol–water partition coefficient (Wildman–Crippen LogP) is -0.113. The van der Waals surface area contributed by atoms with Crippen molar-refractivity contribution in [2.45, 2.75) is 13.8 Å². The van der Waals surface area contributed by atoms with E-state index in [0.29, 0.717) is 11.3 Å². The molecule has 0 aliphatic heterocycles. The minimum atomic E-state index is -1.13. The maximum absolute atomic E-state index is 12.1. The summed E-state index contributed by atoms with van der Waals surface area (Å²) < 4.78 is 0. The number of carbonyl (C=O) groups excluding carboxylic acids is 2. The van der Waals surface area contributed by atoms with Crippen LogP contribution in [0.5, 0.6) is 0 Å². The lowest BCUT2D eigenvalue weighted by Crippen LogP contribution is -2.35. The topological polar surface area (TPSA) is 116 Å². The van der Waals surface area contributed by atoms with Crippen LogP contribution in [0.15, 0.2) is 0 Å². The number of nitrogens with one attached hydrogen (secondary N) is 1. The second-order valence-electron chi connectivity index (χ2n) is 4.06. The number of likely N-dealkylation sites (N-methyl/N-ethyl adjacent to an activating group) is 1. The first-order chi connectivity index (χ1) is 8.25. The maximum atomic E-state index is 12.1. The van der Waals surface area contributed by atoms with Gasteiger partial charge in [0.2, 0.25) is 5.91 Å². The number of primary amides is 1. The van der Waals surface area contributed by atoms with Gasteiger partial charge in [-0.05, 0) is 19.4 Å². The minimum absolute atomic E-state index is 0.0247. The molecule has 1 rings (SSSR count). The Morgan fingerprint density at radius 1 is 1.33 bits per heavy atom. The highest BCUT2D eigenvalue weighted by molar-refractivity contribution is 6.01. The van der Waals surface area contributed by atoms with Crippen LogP contribution in [0.3, 0.4) is 0 Å². The fourth-order valence-corrected chi connectivity index (χ4v) is 1.78. The monoisotopic (exact) mass is 253 g/mol. The van der Waals surface area contributed by atoms with Crippen LogP contribution in [0.25, 0.3) is 0 Å². The molecule has 0 fully saturated rings. The number of nitrogens with two attached hydrogens (primary N) is 1. The second kappa shape index (κ2) is 4.91. The molecule has 0 radical (unpaired) electrons. The number of rotatable bonds is 4. The largest absolute Gasteiger partial charge is 0.477 e. The summed E-state index contributed by atoms with van der Waals surface area (Å²) >= 11 is 0. The standard InChI is InChI=1S/C11H15N3O4/c1-5-8(6(2)13-9(5)11(17)18)10(16)14(3)4-7(12)15/h13H,4H2,1-3H3,(H2,12,15)(H,17,18). The van der Waals surface area contributed by atoms with Gasteiger partial charge in [-0.2, -0.15) is 0 Å². The summed E-state index contributed by atoms with van der Waals surface area (Å²) in [5.41, 5.74) is 6.04. The Balaban J connectivity index is 3.14. The van der Waals surface area contributed by atoms with E-state index in [-0.39, 0.29) is 17.8 Å². The first-order valence-corrected chi connectivity index (χ1v) is 5.22. The number of amides is 2. The summed E-state index contributed by atoms with van der Waals surface area (Å²) in [6, 6.07) is 0. The van der Waals surface area contributed by atoms with Gasteiger partial charge in [0.15, 0.2) is 0 Å². The van der Waals surface area contributed by atoms with Gasteiger partial charge in [0.25, 0.3) is 5.91 Å². The van der Waals surface area contributed by atoms with Gasteiger partial charge in [0.05, 0.1) is 12.1 Å². The van der Waals surface area contributed by atoms with E-state index in [2.05, 4.69) is 4.98 Å². The van der Waals surface area contributed by atoms with Crippen LogP contribution in [0, 0.1) is 13.8 Å². The van der Waals surface area contributed by atoms with Crippen LogP contribution < -0.4 is 5.73 Å². The lowest BCUT2D eigenvalue weighted by molar-refractivity contribution is -0.118. The molecule has 1 aromatic rings. The average Bonchev–Trinajstić information content (AvgIpc) is 2.52. The van der Waals surface area contributed by atoms with E-state index in [0.717, 1.165) is 4.90 Å². The molecule has 0 aliphatic carbocycles. The van der Waals surface area contributed by atoms with Crippen molar-refractivity contribution in [3.8, 4) is 0 Å². The molecule has 1 aromatic heterocycles. The van der Waals surface area contributed by atoms with Gasteiger partial charge in [-0.3, -0.25) is 9.59 Å². The normalized spacial score (nSPS) is 10.2. The summed E-state index contributed by atoms with van der Waals surface area (Å²) in [6.07, 6.45) is 0. The molecule has 98 valence electrons. The molecule has 0 aromatic carbocycles. The van der Waals surface area contributed by atoms with Gasteiger partial charge in [-0.15, -0.1) is 0 Å². The zero-order valence-corrected chi connectivity index (χ0v) is 10.4. The zero-order valence-electron chi connectivity index (χ0n) is 10.4. The summed E-state index contributed by atoms with van der Waals surface area (Å²) in [6.45, 7) is 2.92. The molecule has 2 amide bonds. The van der Waals surface area contributed by atoms with Crippen LogP contribution in [0.1, 0.15) is 32.1 Å². The Bertz CT molecular complexity index is 519. The van der Waals surface area contributed by atoms with Gasteiger partial charge in [0.1, 0.15) is 5.69 Å². The first-order valence-electron chi connectivity index (χ1n) is 5.22. The van der Waals surface area contributed by atoms with Gasteiger partial charge < -0.3 is 20.7 Å². The van der Waals surface area contributed by atoms with Crippen molar-refractivity contribution in [2.24, 2.45) is 5.73 Å². The third-order valence-electron chi connectivity index (χ3n) is 2.60. The Morgan fingerprint density at radius 2 is 1.89 bits per heavy atom. The molecule has 7 nitrogen and oxygen atoms in total. The Morgan fingerprint density at radius 3 is 2.28 bits per heavy atom. The molecule has 0 bridgehead atoms. The Hall–Kier alpha value is -2.31. The molecule has 0 aliphatic rings. The number of hydrogen-bond donors (Lipinski definition) is 3. The van der Waals surface area contributed by atoms with Gasteiger partial charge in [-0.1, -0.05) is 0 Å². The van der Waals surface area contributed by atoms with Crippen LogP contribution in [-0.2, 0) is 4.79 Å². The van der Waals surface area contributed by atoms with Gasteiger partial charge in [-0.25, -0.2) is 4.79 Å². The lowest BCUT2D eigenvalue weighted by Gasteiger charge is -2.15. The molecule has 0 unspecified atom stereocenters. The summed E-state index contributed by atoms with van der Waals surface area (Å²) in [5, 5.41) is 8.94. The van der Waals surface area contributed by atoms with Crippen molar-refractivity contribution in [1.82, 2.24) is 9.88 Å². The number of H-pyrrole nitrogens is 1. The van der Waals surface area contributed by atoms with Crippen LogP contribution in [-0.4, -0.2) is 46.4 Å². The minimum Gasteiger partial charge on any atom is -0.477 e. The van der Waals surface area contributed by atoms with E-state index in [4.69, 9.17) is 10.8 Å². The molecular weight excluding hydrogens is 238 g/mol. The van der Waals surface area contributed by atoms with Crippen LogP contribution in [0.2, 0.25) is 0 Å². The molecule has 0 atom stereocenters. The lowest BCUT2D eigenvalue weighted by atomic mass is 10.1. The molecule has 7 heteroatoms. The number of aromatic nitrogens is 1. The number of carbonyl (C=O) groups is 3. The highest BCUT2D eigenvalue weighted by Gasteiger charge is 2.24. The van der Waals surface area contributed by atoms with E-state index in [1.807, 2.05) is 0 Å². The Labute approximate surface area is 104 Å². The third kappa shape index (κ3) is 2.50. The highest BCUT2D eigenvalue weighted by Crippen LogP contribution is 2.19. The van der Waals surface area contributed by atoms with E-state index in [1.54, 1.807) is 6.92 Å². The second-order valence-corrected chi connectivity index (χ2v) is 4.06. The number of aromatic carboxylic acids is 1. The SMILES string of the molecule is Cc1[nH]c(C(=O)O)c(C)c1C(=O)N(C)CC(N)=O. The summed E-state index contributed by atoms with van der Waals surface area (Å²) in [4.78, 5) is 37.5. The van der Waals surface area contributed by atoms with E-state index < -0.39 is 17.8 Å². The van der Waals surface area contributed by atoms with E-state index >= 15 is 0 Å². The van der Waals surface area contributed by atoms with Crippen molar-refractivity contribution in [1.29, 1.82) is 0 Å². The van der Waals surface area contributed by atoms with Crippen molar-refractivity contribution in [3.05, 3.63) is 22.5 Å². The van der Waals surface area contributed by atoms with Crippen molar-refractivity contribution in [2.75, 3.05) is 13.6 Å². The molecule has 0 saturated heterocycles. The van der Waals surface area contributed by atoms with E-state index in [9.17, 15) is 14.4 Å². The fourth-order valence-electron chi connectivity index (χ4n) is 1.78. The predicted molar refractivity (Wildman–Crippen MR) is 63.4 cm³/mol. The smallest absolute Gasteiger partial charge is 0.352 e. The number of aromatic amines is 1. The van der Waals surface area contributed by atoms with Crippen LogP contribution >= 0.6 is 0 Å². The Kier molecular flexibility index (Phi) is 3.75. The first kappa shape index (κ1) is 13.8. The fraction of sp³-hybridized carbons (Fsp3) is 0.364. The highest BCUT2D eigenvalue weighted by atomic mass is 16.4. The zero-order chi connectivity index (χ0) is 14.0. The number of aryl methyl sites for hydroxylation is 1. The van der Waals surface area contributed by atoms with Gasteiger partial charge in [0, 0.05) is 12.7 Å². The van der Waals surface area contributed by atoms with Crippen LogP contribution in [0.4, 0.5) is 0 Å². The molecule has 18 heavy (non-hydrogen) atoms. The molecule has 0 spiro atoms. The molecule has 0 saturated carbocycles. The van der Waals surface area contributed by atoms with E-state index in [1.165, 1.54) is 14.0 Å². The molecular formula is C11H15N3O4. The summed E-state index contributed by atoms with van der Waals surface area (Å²) in [7, 11) is 1.43. The number of carboxylic acid groups (broad SMARTS) is 1. The van der Waals surface area contributed by atoms with Crippen molar-refractivity contribution >= 4 is 17.8 Å². The van der Waals surface area contributed by atoms with Crippen molar-refractivity contribution in [3.63, 3.8) is 0 Å². The average molecular weight is 253 g/mol. The quantitative estimate of drug-likeness (QED) is 0.693. The maximum Gasteiger partial charge on any atom is 0.352 e. The van der Waals surface area contributed by atoms with Crippen molar-refractivity contribution < 1.29 is 19.5 Å². The third-order valence-corrected chi connectivity index (χ3v) is 2.60. The number of carboxylic acids is 1. The molecule has 1 heterocycles.